The quantitative estimate of drug-likeness (QED) is 0.858. The molecule has 1 N–H and O–H groups in total. The highest BCUT2D eigenvalue weighted by molar-refractivity contribution is 6.04. The van der Waals surface area contributed by atoms with Crippen LogP contribution in [0.1, 0.15) is 15.9 Å². The fourth-order valence-electron chi connectivity index (χ4n) is 1.46. The summed E-state index contributed by atoms with van der Waals surface area (Å²) in [6.07, 6.45) is -2.91. The summed E-state index contributed by atoms with van der Waals surface area (Å²) in [4.78, 5) is 15.2. The lowest BCUT2D eigenvalue weighted by atomic mass is 10.2. The zero-order valence-corrected chi connectivity index (χ0v) is 9.91. The van der Waals surface area contributed by atoms with Gasteiger partial charge in [0, 0.05) is 18.1 Å². The van der Waals surface area contributed by atoms with Gasteiger partial charge in [0.15, 0.2) is 0 Å². The Morgan fingerprint density at radius 2 is 1.75 bits per heavy atom. The molecule has 1 amide bonds. The van der Waals surface area contributed by atoms with Crippen LogP contribution in [0.5, 0.6) is 0 Å². The molecule has 1 aromatic heterocycles. The molecular weight excluding hydrogens is 276 g/mol. The van der Waals surface area contributed by atoms with Crippen molar-refractivity contribution in [2.75, 3.05) is 5.32 Å². The second kappa shape index (κ2) is 5.28. The van der Waals surface area contributed by atoms with Gasteiger partial charge < -0.3 is 5.32 Å². The van der Waals surface area contributed by atoms with E-state index in [1.165, 1.54) is 12.1 Å². The lowest BCUT2D eigenvalue weighted by molar-refractivity contribution is -0.137. The SMILES string of the molecule is O=C(Nc1ccc(F)cc1)c1cncc(C(F)(F)F)c1. The van der Waals surface area contributed by atoms with E-state index in [0.717, 1.165) is 18.3 Å². The largest absolute Gasteiger partial charge is 0.417 e. The monoisotopic (exact) mass is 284 g/mol. The number of hydrogen-bond donors (Lipinski definition) is 1. The molecule has 0 atom stereocenters. The summed E-state index contributed by atoms with van der Waals surface area (Å²) in [5.74, 6) is -1.24. The molecule has 0 bridgehead atoms. The standard InChI is InChI=1S/C13H8F4N2O/c14-10-1-3-11(4-2-10)19-12(20)8-5-9(7-18-6-8)13(15,16)17/h1-7H,(H,19,20). The number of carbonyl (C=O) groups is 1. The van der Waals surface area contributed by atoms with Crippen molar-refractivity contribution in [2.24, 2.45) is 0 Å². The van der Waals surface area contributed by atoms with Crippen LogP contribution in [0.4, 0.5) is 23.2 Å². The minimum atomic E-state index is -4.57. The molecule has 3 nitrogen and oxygen atoms in total. The lowest BCUT2D eigenvalue weighted by Gasteiger charge is -2.08. The van der Waals surface area contributed by atoms with E-state index < -0.39 is 23.5 Å². The summed E-state index contributed by atoms with van der Waals surface area (Å²) >= 11 is 0. The van der Waals surface area contributed by atoms with E-state index in [4.69, 9.17) is 0 Å². The first-order chi connectivity index (χ1) is 9.36. The van der Waals surface area contributed by atoms with Crippen LogP contribution in [0.25, 0.3) is 0 Å². The molecule has 1 aromatic carbocycles. The maximum absolute atomic E-state index is 12.7. The van der Waals surface area contributed by atoms with Crippen molar-refractivity contribution < 1.29 is 22.4 Å². The molecule has 1 heterocycles. The number of halogens is 4. The van der Waals surface area contributed by atoms with Gasteiger partial charge in [0.2, 0.25) is 0 Å². The van der Waals surface area contributed by atoms with Gasteiger partial charge in [-0.25, -0.2) is 4.39 Å². The van der Waals surface area contributed by atoms with Crippen molar-refractivity contribution in [3.05, 3.63) is 59.7 Å². The van der Waals surface area contributed by atoms with Crippen molar-refractivity contribution in [1.29, 1.82) is 0 Å². The molecule has 0 aliphatic carbocycles. The van der Waals surface area contributed by atoms with E-state index in [1.54, 1.807) is 0 Å². The predicted molar refractivity (Wildman–Crippen MR) is 63.6 cm³/mol. The fourth-order valence-corrected chi connectivity index (χ4v) is 1.46. The first-order valence-corrected chi connectivity index (χ1v) is 5.45. The van der Waals surface area contributed by atoms with Crippen molar-refractivity contribution in [2.45, 2.75) is 6.18 Å². The third-order valence-corrected chi connectivity index (χ3v) is 2.43. The summed E-state index contributed by atoms with van der Waals surface area (Å²) in [6.45, 7) is 0. The maximum atomic E-state index is 12.7. The van der Waals surface area contributed by atoms with Gasteiger partial charge in [-0.15, -0.1) is 0 Å². The molecule has 0 saturated carbocycles. The molecule has 0 aliphatic rings. The molecule has 104 valence electrons. The number of nitrogens with one attached hydrogen (secondary N) is 1. The number of carbonyl (C=O) groups excluding carboxylic acids is 1. The molecule has 0 fully saturated rings. The molecule has 0 aliphatic heterocycles. The first kappa shape index (κ1) is 14.0. The lowest BCUT2D eigenvalue weighted by Crippen LogP contribution is -2.14. The Morgan fingerprint density at radius 3 is 2.35 bits per heavy atom. The highest BCUT2D eigenvalue weighted by Gasteiger charge is 2.31. The number of alkyl halides is 3. The first-order valence-electron chi connectivity index (χ1n) is 5.45. The Balaban J connectivity index is 2.19. The Bertz CT molecular complexity index is 623. The third-order valence-electron chi connectivity index (χ3n) is 2.43. The van der Waals surface area contributed by atoms with Crippen LogP contribution in [-0.4, -0.2) is 10.9 Å². The topological polar surface area (TPSA) is 42.0 Å². The molecule has 0 spiro atoms. The van der Waals surface area contributed by atoms with Crippen LogP contribution < -0.4 is 5.32 Å². The number of nitrogens with zero attached hydrogens (tertiary/aromatic N) is 1. The third kappa shape index (κ3) is 3.31. The number of rotatable bonds is 2. The smallest absolute Gasteiger partial charge is 0.322 e. The molecule has 2 rings (SSSR count). The van der Waals surface area contributed by atoms with E-state index in [-0.39, 0.29) is 11.3 Å². The summed E-state index contributed by atoms with van der Waals surface area (Å²) in [5, 5.41) is 2.35. The van der Waals surface area contributed by atoms with E-state index in [2.05, 4.69) is 10.3 Å². The van der Waals surface area contributed by atoms with E-state index in [1.807, 2.05) is 0 Å². The zero-order valence-electron chi connectivity index (χ0n) is 9.91. The van der Waals surface area contributed by atoms with Crippen molar-refractivity contribution in [3.8, 4) is 0 Å². The summed E-state index contributed by atoms with van der Waals surface area (Å²) in [6, 6.07) is 5.55. The molecular formula is C13H8F4N2O. The molecule has 7 heteroatoms. The number of anilines is 1. The van der Waals surface area contributed by atoms with Crippen molar-refractivity contribution in [3.63, 3.8) is 0 Å². The van der Waals surface area contributed by atoms with Gasteiger partial charge in [-0.3, -0.25) is 9.78 Å². The number of benzene rings is 1. The highest BCUT2D eigenvalue weighted by Crippen LogP contribution is 2.29. The van der Waals surface area contributed by atoms with Crippen LogP contribution in [0.2, 0.25) is 0 Å². The Hall–Kier alpha value is -2.44. The van der Waals surface area contributed by atoms with Crippen LogP contribution >= 0.6 is 0 Å². The van der Waals surface area contributed by atoms with Crippen LogP contribution in [-0.2, 0) is 6.18 Å². The second-order valence-corrected chi connectivity index (χ2v) is 3.92. The Kier molecular flexibility index (Phi) is 3.69. The Morgan fingerprint density at radius 1 is 1.10 bits per heavy atom. The minimum Gasteiger partial charge on any atom is -0.322 e. The number of pyridine rings is 1. The fraction of sp³-hybridized carbons (Fsp3) is 0.0769. The summed E-state index contributed by atoms with van der Waals surface area (Å²) < 4.78 is 50.2. The molecule has 0 saturated heterocycles. The summed E-state index contributed by atoms with van der Waals surface area (Å²) in [5.41, 5.74) is -0.970. The average Bonchev–Trinajstić information content (AvgIpc) is 2.40. The van der Waals surface area contributed by atoms with Crippen LogP contribution in [0.3, 0.4) is 0 Å². The average molecular weight is 284 g/mol. The van der Waals surface area contributed by atoms with Crippen LogP contribution in [0, 0.1) is 5.82 Å². The van der Waals surface area contributed by atoms with E-state index >= 15 is 0 Å². The second-order valence-electron chi connectivity index (χ2n) is 3.92. The van der Waals surface area contributed by atoms with Gasteiger partial charge in [-0.05, 0) is 30.3 Å². The van der Waals surface area contributed by atoms with Crippen LogP contribution in [0.15, 0.2) is 42.7 Å². The minimum absolute atomic E-state index is 0.232. The van der Waals surface area contributed by atoms with Crippen molar-refractivity contribution >= 4 is 11.6 Å². The van der Waals surface area contributed by atoms with Crippen molar-refractivity contribution in [1.82, 2.24) is 4.98 Å². The maximum Gasteiger partial charge on any atom is 0.417 e. The molecule has 0 unspecified atom stereocenters. The number of amides is 1. The zero-order chi connectivity index (χ0) is 14.8. The normalized spacial score (nSPS) is 11.2. The van der Waals surface area contributed by atoms with E-state index in [9.17, 15) is 22.4 Å². The molecule has 2 aromatic rings. The number of hydrogen-bond acceptors (Lipinski definition) is 2. The van der Waals surface area contributed by atoms with Gasteiger partial charge in [-0.1, -0.05) is 0 Å². The Labute approximate surface area is 111 Å². The summed E-state index contributed by atoms with van der Waals surface area (Å²) in [7, 11) is 0. The van der Waals surface area contributed by atoms with Gasteiger partial charge in [-0.2, -0.15) is 13.2 Å². The van der Waals surface area contributed by atoms with Gasteiger partial charge in [0.1, 0.15) is 5.82 Å². The molecule has 20 heavy (non-hydrogen) atoms. The van der Waals surface area contributed by atoms with E-state index in [0.29, 0.717) is 12.3 Å². The van der Waals surface area contributed by atoms with Gasteiger partial charge >= 0.3 is 6.18 Å². The van der Waals surface area contributed by atoms with Gasteiger partial charge in [0.05, 0.1) is 11.1 Å². The molecule has 0 radical (unpaired) electrons. The van der Waals surface area contributed by atoms with Gasteiger partial charge in [0.25, 0.3) is 5.91 Å². The predicted octanol–water partition coefficient (Wildman–Crippen LogP) is 3.49. The highest BCUT2D eigenvalue weighted by atomic mass is 19.4. The number of aromatic nitrogens is 1.